The Balaban J connectivity index is 1.48. The lowest BCUT2D eigenvalue weighted by Crippen LogP contribution is -2.15. The topological polar surface area (TPSA) is 103 Å². The molecule has 1 aromatic heterocycles. The van der Waals surface area contributed by atoms with E-state index in [9.17, 15) is 4.79 Å². The van der Waals surface area contributed by atoms with Crippen molar-refractivity contribution in [2.45, 2.75) is 5.03 Å². The molecule has 0 aliphatic carbocycles. The molecule has 2 heterocycles. The molecule has 144 valence electrons. The molecule has 0 unspecified atom stereocenters. The van der Waals surface area contributed by atoms with Gasteiger partial charge in [-0.25, -0.2) is 9.78 Å². The minimum Gasteiger partial charge on any atom is -0.495 e. The third kappa shape index (κ3) is 3.70. The predicted molar refractivity (Wildman–Crippen MR) is 102 cm³/mol. The second kappa shape index (κ2) is 7.73. The molecule has 0 bridgehead atoms. The fourth-order valence-electron chi connectivity index (χ4n) is 2.63. The molecule has 9 heteroatoms. The second-order valence-electron chi connectivity index (χ2n) is 5.77. The number of carbonyl (C=O) groups is 1. The van der Waals surface area contributed by atoms with Gasteiger partial charge < -0.3 is 28.5 Å². The number of ether oxygens (including phenoxy) is 3. The molecule has 0 fully saturated rings. The minimum atomic E-state index is -1.02. The van der Waals surface area contributed by atoms with Gasteiger partial charge in [-0.3, -0.25) is 0 Å². The maximum absolute atomic E-state index is 11.1. The van der Waals surface area contributed by atoms with Gasteiger partial charge in [-0.1, -0.05) is 0 Å². The molecule has 8 nitrogen and oxygen atoms in total. The Bertz CT molecular complexity index is 1020. The molecule has 0 saturated carbocycles. The number of hydrogen-bond acceptors (Lipinski definition) is 8. The van der Waals surface area contributed by atoms with Crippen LogP contribution >= 0.6 is 11.9 Å². The maximum atomic E-state index is 11.1. The molecule has 0 radical (unpaired) electrons. The minimum absolute atomic E-state index is 0.148. The van der Waals surface area contributed by atoms with Crippen LogP contribution in [0.25, 0.3) is 11.5 Å². The zero-order valence-electron chi connectivity index (χ0n) is 14.8. The lowest BCUT2D eigenvalue weighted by molar-refractivity contribution is 0.0696. The summed E-state index contributed by atoms with van der Waals surface area (Å²) in [7, 11) is 1.48. The number of nitrogens with one attached hydrogen (secondary N) is 1. The largest absolute Gasteiger partial charge is 0.495 e. The van der Waals surface area contributed by atoms with Gasteiger partial charge in [-0.05, 0) is 36.4 Å². The number of methoxy groups -OCH3 is 1. The van der Waals surface area contributed by atoms with Crippen molar-refractivity contribution in [2.75, 3.05) is 25.0 Å². The highest BCUT2D eigenvalue weighted by molar-refractivity contribution is 8.00. The number of oxazole rings is 1. The Labute approximate surface area is 164 Å². The first kappa shape index (κ1) is 18.1. The highest BCUT2D eigenvalue weighted by Crippen LogP contribution is 2.35. The van der Waals surface area contributed by atoms with Gasteiger partial charge in [-0.15, -0.1) is 0 Å². The first-order chi connectivity index (χ1) is 13.6. The number of carboxylic acids is 1. The summed E-state index contributed by atoms with van der Waals surface area (Å²) in [5, 5.41) is 9.67. The van der Waals surface area contributed by atoms with Crippen molar-refractivity contribution >= 4 is 23.6 Å². The predicted octanol–water partition coefficient (Wildman–Crippen LogP) is 3.94. The van der Waals surface area contributed by atoms with Crippen LogP contribution in [0.15, 0.2) is 52.1 Å². The highest BCUT2D eigenvalue weighted by atomic mass is 32.2. The number of rotatable bonds is 6. The first-order valence-corrected chi connectivity index (χ1v) is 9.15. The quantitative estimate of drug-likeness (QED) is 0.596. The Kier molecular flexibility index (Phi) is 4.98. The molecule has 1 aliphatic rings. The molecule has 1 aliphatic heterocycles. The van der Waals surface area contributed by atoms with Crippen molar-refractivity contribution < 1.29 is 28.5 Å². The second-order valence-corrected chi connectivity index (χ2v) is 6.60. The van der Waals surface area contributed by atoms with Crippen molar-refractivity contribution in [3.8, 4) is 28.7 Å². The Morgan fingerprint density at radius 2 is 2.00 bits per heavy atom. The fourth-order valence-corrected chi connectivity index (χ4v) is 3.24. The molecule has 0 atom stereocenters. The van der Waals surface area contributed by atoms with Gasteiger partial charge >= 0.3 is 5.97 Å². The maximum Gasteiger partial charge on any atom is 0.335 e. The molecule has 2 aromatic carbocycles. The van der Waals surface area contributed by atoms with E-state index in [1.807, 2.05) is 18.2 Å². The third-order valence-corrected chi connectivity index (χ3v) is 4.70. The molecule has 3 aromatic rings. The fraction of sp³-hybridized carbons (Fsp3) is 0.158. The number of aromatic nitrogens is 1. The lowest BCUT2D eigenvalue weighted by Gasteiger charge is -2.18. The summed E-state index contributed by atoms with van der Waals surface area (Å²) in [4.78, 5) is 15.5. The van der Waals surface area contributed by atoms with Crippen molar-refractivity contribution in [3.63, 3.8) is 0 Å². The molecule has 0 amide bonds. The number of fused-ring (bicyclic) bond motifs is 1. The van der Waals surface area contributed by atoms with E-state index in [0.29, 0.717) is 47.1 Å². The lowest BCUT2D eigenvalue weighted by atomic mass is 10.2. The van der Waals surface area contributed by atoms with Crippen LogP contribution in [0.4, 0.5) is 5.69 Å². The smallest absolute Gasteiger partial charge is 0.335 e. The number of aromatic carboxylic acids is 1. The summed E-state index contributed by atoms with van der Waals surface area (Å²) >= 11 is 1.22. The first-order valence-electron chi connectivity index (χ1n) is 8.34. The van der Waals surface area contributed by atoms with E-state index in [2.05, 4.69) is 9.71 Å². The van der Waals surface area contributed by atoms with Crippen LogP contribution in [0, 0.1) is 0 Å². The molecular weight excluding hydrogens is 384 g/mol. The third-order valence-electron chi connectivity index (χ3n) is 3.99. The Morgan fingerprint density at radius 3 is 2.79 bits per heavy atom. The van der Waals surface area contributed by atoms with Crippen molar-refractivity contribution in [2.24, 2.45) is 0 Å². The van der Waals surface area contributed by atoms with Crippen LogP contribution in [0.3, 0.4) is 0 Å². The number of carboxylic acid groups (broad SMARTS) is 1. The molecular formula is C19H16N2O6S. The van der Waals surface area contributed by atoms with E-state index in [0.717, 1.165) is 5.56 Å². The summed E-state index contributed by atoms with van der Waals surface area (Å²) in [6.07, 6.45) is 1.53. The van der Waals surface area contributed by atoms with Gasteiger partial charge in [-0.2, -0.15) is 0 Å². The van der Waals surface area contributed by atoms with E-state index in [1.165, 1.54) is 37.5 Å². The molecule has 28 heavy (non-hydrogen) atoms. The highest BCUT2D eigenvalue weighted by Gasteiger charge is 2.15. The molecule has 0 spiro atoms. The molecule has 2 N–H and O–H groups in total. The summed E-state index contributed by atoms with van der Waals surface area (Å²) in [6.45, 7) is 1.05. The zero-order chi connectivity index (χ0) is 19.5. The number of hydrogen-bond donors (Lipinski definition) is 2. The van der Waals surface area contributed by atoms with Gasteiger partial charge in [0.25, 0.3) is 0 Å². The number of anilines is 1. The summed E-state index contributed by atoms with van der Waals surface area (Å²) in [5.41, 5.74) is 1.55. The average Bonchev–Trinajstić information content (AvgIpc) is 3.20. The normalized spacial score (nSPS) is 12.5. The van der Waals surface area contributed by atoms with Crippen LogP contribution in [-0.2, 0) is 0 Å². The SMILES string of the molecule is COc1cc(C(=O)O)ccc1NSc1coc(-c2ccc3c(c2)OCCO3)n1. The van der Waals surface area contributed by atoms with E-state index < -0.39 is 5.97 Å². The average molecular weight is 400 g/mol. The van der Waals surface area contributed by atoms with Crippen LogP contribution in [0.2, 0.25) is 0 Å². The number of benzene rings is 2. The van der Waals surface area contributed by atoms with Crippen molar-refractivity contribution in [1.29, 1.82) is 0 Å². The summed E-state index contributed by atoms with van der Waals surface area (Å²) in [5.74, 6) is 1.22. The molecule has 4 rings (SSSR count). The zero-order valence-corrected chi connectivity index (χ0v) is 15.6. The van der Waals surface area contributed by atoms with Crippen molar-refractivity contribution in [3.05, 3.63) is 48.2 Å². The van der Waals surface area contributed by atoms with Crippen molar-refractivity contribution in [1.82, 2.24) is 4.98 Å². The monoisotopic (exact) mass is 400 g/mol. The van der Waals surface area contributed by atoms with E-state index in [1.54, 1.807) is 6.07 Å². The van der Waals surface area contributed by atoms with Crippen LogP contribution in [-0.4, -0.2) is 36.4 Å². The van der Waals surface area contributed by atoms with Crippen LogP contribution in [0.5, 0.6) is 17.2 Å². The van der Waals surface area contributed by atoms with E-state index in [-0.39, 0.29) is 5.56 Å². The van der Waals surface area contributed by atoms with Gasteiger partial charge in [0.05, 0.1) is 18.4 Å². The van der Waals surface area contributed by atoms with Crippen LogP contribution < -0.4 is 18.9 Å². The Hall–Kier alpha value is -3.33. The summed E-state index contributed by atoms with van der Waals surface area (Å²) in [6, 6.07) is 10.1. The van der Waals surface area contributed by atoms with E-state index in [4.69, 9.17) is 23.7 Å². The van der Waals surface area contributed by atoms with E-state index >= 15 is 0 Å². The van der Waals surface area contributed by atoms with Crippen LogP contribution in [0.1, 0.15) is 10.4 Å². The van der Waals surface area contributed by atoms with Gasteiger partial charge in [0.15, 0.2) is 16.5 Å². The van der Waals surface area contributed by atoms with Gasteiger partial charge in [0, 0.05) is 17.5 Å². The van der Waals surface area contributed by atoms with Gasteiger partial charge in [0.2, 0.25) is 5.89 Å². The molecule has 0 saturated heterocycles. The number of nitrogens with zero attached hydrogens (tertiary/aromatic N) is 1. The van der Waals surface area contributed by atoms with Gasteiger partial charge in [0.1, 0.15) is 25.2 Å². The summed E-state index contributed by atoms with van der Waals surface area (Å²) < 4.78 is 25.0. The Morgan fingerprint density at radius 1 is 1.18 bits per heavy atom. The standard InChI is InChI=1S/C19H16N2O6S/c1-24-15-9-12(19(22)23)2-4-13(15)21-28-17-10-27-18(20-17)11-3-5-14-16(8-11)26-7-6-25-14/h2-5,8-10,21H,6-7H2,1H3,(H,22,23).